The maximum absolute atomic E-state index is 3.50. The van der Waals surface area contributed by atoms with Gasteiger partial charge in [0.1, 0.15) is 0 Å². The molecule has 1 aromatic carbocycles. The van der Waals surface area contributed by atoms with Crippen molar-refractivity contribution in [2.75, 3.05) is 13.1 Å². The molecule has 1 aliphatic heterocycles. The van der Waals surface area contributed by atoms with E-state index in [4.69, 9.17) is 0 Å². The molecule has 1 aliphatic rings. The van der Waals surface area contributed by atoms with Crippen LogP contribution in [0.4, 0.5) is 0 Å². The average molecular weight is 189 g/mol. The summed E-state index contributed by atoms with van der Waals surface area (Å²) >= 11 is 0. The molecule has 0 amide bonds. The molecule has 1 heteroatoms. The zero-order valence-electron chi connectivity index (χ0n) is 9.03. The summed E-state index contributed by atoms with van der Waals surface area (Å²) in [6.07, 6.45) is 0. The minimum atomic E-state index is 0.719. The van der Waals surface area contributed by atoms with Crippen molar-refractivity contribution >= 4 is 0 Å². The number of nitrogens with one attached hydrogen (secondary N) is 1. The lowest BCUT2D eigenvalue weighted by Gasteiger charge is -2.22. The SMILES string of the molecule is CC(C)[C@H]1CNC[C@@H]1c1ccccc1. The van der Waals surface area contributed by atoms with Crippen molar-refractivity contribution in [3.05, 3.63) is 35.9 Å². The Morgan fingerprint density at radius 3 is 2.50 bits per heavy atom. The van der Waals surface area contributed by atoms with Crippen molar-refractivity contribution in [1.29, 1.82) is 0 Å². The molecule has 1 N–H and O–H groups in total. The molecule has 0 spiro atoms. The minimum Gasteiger partial charge on any atom is -0.316 e. The third-order valence-electron chi connectivity index (χ3n) is 3.35. The Labute approximate surface area is 86.5 Å². The Hall–Kier alpha value is -0.820. The fraction of sp³-hybridized carbons (Fsp3) is 0.538. The van der Waals surface area contributed by atoms with Crippen LogP contribution in [0.5, 0.6) is 0 Å². The van der Waals surface area contributed by atoms with Crippen molar-refractivity contribution in [2.45, 2.75) is 19.8 Å². The van der Waals surface area contributed by atoms with Gasteiger partial charge in [0.2, 0.25) is 0 Å². The van der Waals surface area contributed by atoms with Gasteiger partial charge in [-0.2, -0.15) is 0 Å². The third-order valence-corrected chi connectivity index (χ3v) is 3.35. The molecule has 0 aliphatic carbocycles. The molecule has 0 unspecified atom stereocenters. The summed E-state index contributed by atoms with van der Waals surface area (Å²) in [6, 6.07) is 10.9. The van der Waals surface area contributed by atoms with Crippen LogP contribution < -0.4 is 5.32 Å². The highest BCUT2D eigenvalue weighted by Crippen LogP contribution is 2.32. The Balaban J connectivity index is 2.18. The van der Waals surface area contributed by atoms with Crippen LogP contribution in [0.25, 0.3) is 0 Å². The lowest BCUT2D eigenvalue weighted by molar-refractivity contribution is 0.381. The van der Waals surface area contributed by atoms with Crippen LogP contribution >= 0.6 is 0 Å². The third kappa shape index (κ3) is 1.83. The van der Waals surface area contributed by atoms with Gasteiger partial charge in [-0.3, -0.25) is 0 Å². The lowest BCUT2D eigenvalue weighted by Crippen LogP contribution is -2.16. The van der Waals surface area contributed by atoms with Crippen molar-refractivity contribution < 1.29 is 0 Å². The first kappa shape index (κ1) is 9.72. The Morgan fingerprint density at radius 2 is 1.86 bits per heavy atom. The fourth-order valence-corrected chi connectivity index (χ4v) is 2.46. The van der Waals surface area contributed by atoms with E-state index in [1.807, 2.05) is 0 Å². The van der Waals surface area contributed by atoms with Crippen LogP contribution in [0.2, 0.25) is 0 Å². The number of hydrogen-bond donors (Lipinski definition) is 1. The van der Waals surface area contributed by atoms with Gasteiger partial charge in [0.25, 0.3) is 0 Å². The highest BCUT2D eigenvalue weighted by Gasteiger charge is 2.30. The number of benzene rings is 1. The molecular weight excluding hydrogens is 170 g/mol. The first-order valence-electron chi connectivity index (χ1n) is 5.54. The van der Waals surface area contributed by atoms with Crippen LogP contribution in [0.15, 0.2) is 30.3 Å². The van der Waals surface area contributed by atoms with E-state index in [0.717, 1.165) is 24.3 Å². The second kappa shape index (κ2) is 4.14. The molecule has 1 fully saturated rings. The molecular formula is C13H19N. The van der Waals surface area contributed by atoms with Gasteiger partial charge in [0, 0.05) is 12.5 Å². The van der Waals surface area contributed by atoms with E-state index in [0.29, 0.717) is 0 Å². The van der Waals surface area contributed by atoms with Gasteiger partial charge in [-0.1, -0.05) is 44.2 Å². The van der Waals surface area contributed by atoms with Crippen LogP contribution in [0, 0.1) is 11.8 Å². The summed E-state index contributed by atoms with van der Waals surface area (Å²) in [5, 5.41) is 3.50. The second-order valence-electron chi connectivity index (χ2n) is 4.58. The van der Waals surface area contributed by atoms with Gasteiger partial charge in [-0.15, -0.1) is 0 Å². The molecule has 0 aromatic heterocycles. The maximum atomic E-state index is 3.50. The Bertz CT molecular complexity index is 279. The van der Waals surface area contributed by atoms with Crippen LogP contribution in [0.1, 0.15) is 25.3 Å². The predicted molar refractivity (Wildman–Crippen MR) is 60.4 cm³/mol. The molecule has 1 heterocycles. The van der Waals surface area contributed by atoms with Gasteiger partial charge in [-0.25, -0.2) is 0 Å². The summed E-state index contributed by atoms with van der Waals surface area (Å²) in [5.41, 5.74) is 1.50. The molecule has 0 saturated carbocycles. The summed E-state index contributed by atoms with van der Waals surface area (Å²) in [6.45, 7) is 6.98. The van der Waals surface area contributed by atoms with Gasteiger partial charge in [0.15, 0.2) is 0 Å². The molecule has 2 atom stereocenters. The normalized spacial score (nSPS) is 27.1. The van der Waals surface area contributed by atoms with E-state index in [2.05, 4.69) is 49.5 Å². The van der Waals surface area contributed by atoms with Crippen molar-refractivity contribution in [3.8, 4) is 0 Å². The molecule has 0 radical (unpaired) electrons. The van der Waals surface area contributed by atoms with Crippen molar-refractivity contribution in [3.63, 3.8) is 0 Å². The molecule has 76 valence electrons. The quantitative estimate of drug-likeness (QED) is 0.754. The summed E-state index contributed by atoms with van der Waals surface area (Å²) in [4.78, 5) is 0. The van der Waals surface area contributed by atoms with Crippen LogP contribution in [-0.2, 0) is 0 Å². The van der Waals surface area contributed by atoms with E-state index < -0.39 is 0 Å². The van der Waals surface area contributed by atoms with Crippen molar-refractivity contribution in [2.24, 2.45) is 11.8 Å². The first-order chi connectivity index (χ1) is 6.79. The van der Waals surface area contributed by atoms with Gasteiger partial charge in [-0.05, 0) is 23.9 Å². The molecule has 0 bridgehead atoms. The maximum Gasteiger partial charge on any atom is 0.00235 e. The highest BCUT2D eigenvalue weighted by molar-refractivity contribution is 5.22. The molecule has 1 nitrogen and oxygen atoms in total. The smallest absolute Gasteiger partial charge is 0.00235 e. The monoisotopic (exact) mass is 189 g/mol. The Kier molecular flexibility index (Phi) is 2.87. The average Bonchev–Trinajstić information content (AvgIpc) is 2.67. The number of rotatable bonds is 2. The summed E-state index contributed by atoms with van der Waals surface area (Å²) in [7, 11) is 0. The van der Waals surface area contributed by atoms with E-state index >= 15 is 0 Å². The summed E-state index contributed by atoms with van der Waals surface area (Å²) < 4.78 is 0. The summed E-state index contributed by atoms with van der Waals surface area (Å²) in [5.74, 6) is 2.30. The van der Waals surface area contributed by atoms with E-state index in [-0.39, 0.29) is 0 Å². The standard InChI is InChI=1S/C13H19N/c1-10(2)12-8-14-9-13(12)11-6-4-3-5-7-11/h3-7,10,12-14H,8-9H2,1-2H3/t12-,13-/m1/s1. The second-order valence-corrected chi connectivity index (χ2v) is 4.58. The van der Waals surface area contributed by atoms with E-state index in [1.165, 1.54) is 12.1 Å². The largest absolute Gasteiger partial charge is 0.316 e. The first-order valence-corrected chi connectivity index (χ1v) is 5.54. The minimum absolute atomic E-state index is 0.719. The van der Waals surface area contributed by atoms with Crippen LogP contribution in [-0.4, -0.2) is 13.1 Å². The van der Waals surface area contributed by atoms with Gasteiger partial charge >= 0.3 is 0 Å². The predicted octanol–water partition coefficient (Wildman–Crippen LogP) is 2.65. The zero-order chi connectivity index (χ0) is 9.97. The van der Waals surface area contributed by atoms with Gasteiger partial charge < -0.3 is 5.32 Å². The Morgan fingerprint density at radius 1 is 1.14 bits per heavy atom. The fourth-order valence-electron chi connectivity index (χ4n) is 2.46. The van der Waals surface area contributed by atoms with E-state index in [1.54, 1.807) is 0 Å². The lowest BCUT2D eigenvalue weighted by atomic mass is 9.82. The van der Waals surface area contributed by atoms with Crippen LogP contribution in [0.3, 0.4) is 0 Å². The zero-order valence-corrected chi connectivity index (χ0v) is 9.03. The number of hydrogen-bond acceptors (Lipinski definition) is 1. The van der Waals surface area contributed by atoms with E-state index in [9.17, 15) is 0 Å². The molecule has 1 saturated heterocycles. The molecule has 2 rings (SSSR count). The molecule has 1 aromatic rings. The molecule has 14 heavy (non-hydrogen) atoms. The van der Waals surface area contributed by atoms with Crippen molar-refractivity contribution in [1.82, 2.24) is 5.32 Å². The van der Waals surface area contributed by atoms with Gasteiger partial charge in [0.05, 0.1) is 0 Å². The highest BCUT2D eigenvalue weighted by atomic mass is 14.9. The topological polar surface area (TPSA) is 12.0 Å².